The summed E-state index contributed by atoms with van der Waals surface area (Å²) in [6.07, 6.45) is 0.749. The van der Waals surface area contributed by atoms with E-state index in [1.165, 1.54) is 0 Å². The molecule has 1 aromatic carbocycles. The summed E-state index contributed by atoms with van der Waals surface area (Å²) in [5, 5.41) is 0. The van der Waals surface area contributed by atoms with Gasteiger partial charge in [0.15, 0.2) is 0 Å². The number of carbonyl (C=O) groups is 2. The summed E-state index contributed by atoms with van der Waals surface area (Å²) in [7, 11) is 0. The van der Waals surface area contributed by atoms with Gasteiger partial charge < -0.3 is 4.74 Å². The molecule has 1 saturated heterocycles. The monoisotopic (exact) mass is 323 g/mol. The largest absolute Gasteiger partial charge is 0.427 e. The molecule has 5 heteroatoms. The van der Waals surface area contributed by atoms with Gasteiger partial charge in [0, 0.05) is 22.5 Å². The van der Waals surface area contributed by atoms with E-state index in [1.807, 2.05) is 32.0 Å². The number of hydrogen-bond donors (Lipinski definition) is 0. The summed E-state index contributed by atoms with van der Waals surface area (Å²) in [5.74, 6) is -1.28. The van der Waals surface area contributed by atoms with Crippen LogP contribution in [0.1, 0.15) is 25.0 Å². The first-order chi connectivity index (χ1) is 8.96. The number of amides is 1. The Hall–Kier alpha value is -1.36. The SMILES string of the molecule is CC(C)[C@]12OC(=O)C(=O)N1CCc1ccc(Br)cc12. The first-order valence-electron chi connectivity index (χ1n) is 6.30. The second kappa shape index (κ2) is 4.07. The van der Waals surface area contributed by atoms with Crippen molar-refractivity contribution in [2.45, 2.75) is 26.0 Å². The molecule has 2 heterocycles. The third-order valence-electron chi connectivity index (χ3n) is 3.91. The summed E-state index contributed by atoms with van der Waals surface area (Å²) >= 11 is 3.45. The van der Waals surface area contributed by atoms with Crippen LogP contribution in [0, 0.1) is 5.92 Å². The molecule has 2 aliphatic rings. The van der Waals surface area contributed by atoms with Crippen molar-refractivity contribution in [1.29, 1.82) is 0 Å². The van der Waals surface area contributed by atoms with Crippen molar-refractivity contribution < 1.29 is 14.3 Å². The van der Waals surface area contributed by atoms with Crippen molar-refractivity contribution in [3.05, 3.63) is 33.8 Å². The molecule has 1 amide bonds. The number of carbonyl (C=O) groups excluding carboxylic acids is 2. The summed E-state index contributed by atoms with van der Waals surface area (Å²) in [6.45, 7) is 4.46. The molecule has 3 rings (SSSR count). The summed E-state index contributed by atoms with van der Waals surface area (Å²) in [5.41, 5.74) is 1.11. The van der Waals surface area contributed by atoms with E-state index in [9.17, 15) is 9.59 Å². The van der Waals surface area contributed by atoms with Gasteiger partial charge in [0.05, 0.1) is 0 Å². The maximum Gasteiger partial charge on any atom is 0.399 e. The van der Waals surface area contributed by atoms with Crippen molar-refractivity contribution >= 4 is 27.8 Å². The lowest BCUT2D eigenvalue weighted by Crippen LogP contribution is -2.52. The van der Waals surface area contributed by atoms with Gasteiger partial charge in [-0.1, -0.05) is 35.8 Å². The summed E-state index contributed by atoms with van der Waals surface area (Å²) < 4.78 is 6.44. The lowest BCUT2D eigenvalue weighted by Gasteiger charge is -2.43. The zero-order chi connectivity index (χ0) is 13.8. The second-order valence-electron chi connectivity index (χ2n) is 5.25. The Morgan fingerprint density at radius 3 is 2.79 bits per heavy atom. The van der Waals surface area contributed by atoms with Crippen molar-refractivity contribution in [3.8, 4) is 0 Å². The maximum absolute atomic E-state index is 12.0. The van der Waals surface area contributed by atoms with Crippen LogP contribution in [-0.4, -0.2) is 23.3 Å². The molecule has 0 unspecified atom stereocenters. The molecule has 1 aromatic rings. The second-order valence-corrected chi connectivity index (χ2v) is 6.16. The van der Waals surface area contributed by atoms with Crippen molar-refractivity contribution in [1.82, 2.24) is 4.90 Å². The number of hydrogen-bond acceptors (Lipinski definition) is 3. The van der Waals surface area contributed by atoms with E-state index < -0.39 is 17.6 Å². The quantitative estimate of drug-likeness (QED) is 0.588. The van der Waals surface area contributed by atoms with Crippen LogP contribution in [-0.2, 0) is 26.5 Å². The van der Waals surface area contributed by atoms with E-state index in [-0.39, 0.29) is 5.92 Å². The van der Waals surface area contributed by atoms with Crippen LogP contribution in [0.3, 0.4) is 0 Å². The lowest BCUT2D eigenvalue weighted by atomic mass is 9.83. The van der Waals surface area contributed by atoms with Gasteiger partial charge in [0.25, 0.3) is 0 Å². The smallest absolute Gasteiger partial charge is 0.399 e. The van der Waals surface area contributed by atoms with Gasteiger partial charge in [0.1, 0.15) is 0 Å². The minimum absolute atomic E-state index is 0.00347. The maximum atomic E-state index is 12.0. The van der Waals surface area contributed by atoms with Crippen LogP contribution in [0.4, 0.5) is 0 Å². The van der Waals surface area contributed by atoms with E-state index in [0.29, 0.717) is 6.54 Å². The molecular formula is C14H14BrNO3. The Balaban J connectivity index is 2.26. The molecular weight excluding hydrogens is 310 g/mol. The molecule has 0 N–H and O–H groups in total. The Labute approximate surface area is 119 Å². The number of halogens is 1. The van der Waals surface area contributed by atoms with Gasteiger partial charge in [-0.15, -0.1) is 0 Å². The van der Waals surface area contributed by atoms with E-state index in [1.54, 1.807) is 4.90 Å². The Morgan fingerprint density at radius 1 is 1.37 bits per heavy atom. The number of rotatable bonds is 1. The van der Waals surface area contributed by atoms with Crippen LogP contribution in [0.2, 0.25) is 0 Å². The normalized spacial score (nSPS) is 25.4. The number of benzene rings is 1. The van der Waals surface area contributed by atoms with Crippen LogP contribution >= 0.6 is 15.9 Å². The number of nitrogens with zero attached hydrogens (tertiary/aromatic N) is 1. The molecule has 0 saturated carbocycles. The van der Waals surface area contributed by atoms with Gasteiger partial charge in [0.2, 0.25) is 5.72 Å². The van der Waals surface area contributed by atoms with Crippen LogP contribution in [0.15, 0.2) is 22.7 Å². The summed E-state index contributed by atoms with van der Waals surface area (Å²) in [4.78, 5) is 25.3. The molecule has 1 atom stereocenters. The highest BCUT2D eigenvalue weighted by Crippen LogP contribution is 2.46. The molecule has 0 radical (unpaired) electrons. The third-order valence-corrected chi connectivity index (χ3v) is 4.41. The predicted molar refractivity (Wildman–Crippen MR) is 72.2 cm³/mol. The first kappa shape index (κ1) is 12.7. The summed E-state index contributed by atoms with van der Waals surface area (Å²) in [6, 6.07) is 5.95. The van der Waals surface area contributed by atoms with Crippen LogP contribution in [0.25, 0.3) is 0 Å². The first-order valence-corrected chi connectivity index (χ1v) is 7.10. The Morgan fingerprint density at radius 2 is 2.11 bits per heavy atom. The van der Waals surface area contributed by atoms with Crippen LogP contribution in [0.5, 0.6) is 0 Å². The molecule has 100 valence electrons. The Bertz CT molecular complexity index is 584. The molecule has 1 fully saturated rings. The minimum Gasteiger partial charge on any atom is -0.427 e. The molecule has 4 nitrogen and oxygen atoms in total. The van der Waals surface area contributed by atoms with E-state index in [4.69, 9.17) is 4.74 Å². The Kier molecular flexibility index (Phi) is 2.71. The molecule has 2 aliphatic heterocycles. The fourth-order valence-electron chi connectivity index (χ4n) is 3.04. The van der Waals surface area contributed by atoms with Crippen molar-refractivity contribution in [2.24, 2.45) is 5.92 Å². The van der Waals surface area contributed by atoms with E-state index in [0.717, 1.165) is 22.0 Å². The highest BCUT2D eigenvalue weighted by atomic mass is 79.9. The van der Waals surface area contributed by atoms with E-state index >= 15 is 0 Å². The third kappa shape index (κ3) is 1.57. The highest BCUT2D eigenvalue weighted by molar-refractivity contribution is 9.10. The average molecular weight is 324 g/mol. The fraction of sp³-hybridized carbons (Fsp3) is 0.429. The average Bonchev–Trinajstić information content (AvgIpc) is 2.63. The highest BCUT2D eigenvalue weighted by Gasteiger charge is 2.58. The topological polar surface area (TPSA) is 46.6 Å². The van der Waals surface area contributed by atoms with E-state index in [2.05, 4.69) is 15.9 Å². The standard InChI is InChI=1S/C14H14BrNO3/c1-8(2)14-11-7-10(15)4-3-9(11)5-6-16(14)12(17)13(18)19-14/h3-4,7-8H,5-6H2,1-2H3/t14-/m1/s1. The predicted octanol–water partition coefficient (Wildman–Crippen LogP) is 2.20. The zero-order valence-corrected chi connectivity index (χ0v) is 12.4. The fourth-order valence-corrected chi connectivity index (χ4v) is 3.40. The minimum atomic E-state index is -0.939. The van der Waals surface area contributed by atoms with Gasteiger partial charge >= 0.3 is 11.9 Å². The number of esters is 1. The molecule has 0 spiro atoms. The number of fused-ring (bicyclic) bond motifs is 3. The van der Waals surface area contributed by atoms with Gasteiger partial charge in [-0.3, -0.25) is 9.69 Å². The zero-order valence-electron chi connectivity index (χ0n) is 10.8. The molecule has 0 aliphatic carbocycles. The van der Waals surface area contributed by atoms with Gasteiger partial charge in [-0.05, 0) is 24.1 Å². The van der Waals surface area contributed by atoms with Crippen molar-refractivity contribution in [2.75, 3.05) is 6.54 Å². The van der Waals surface area contributed by atoms with Crippen LogP contribution < -0.4 is 0 Å². The number of ether oxygens (including phenoxy) is 1. The lowest BCUT2D eigenvalue weighted by molar-refractivity contribution is -0.167. The molecule has 0 bridgehead atoms. The molecule has 0 aromatic heterocycles. The van der Waals surface area contributed by atoms with Gasteiger partial charge in [-0.25, -0.2) is 4.79 Å². The van der Waals surface area contributed by atoms with Crippen molar-refractivity contribution in [3.63, 3.8) is 0 Å². The van der Waals surface area contributed by atoms with Gasteiger partial charge in [-0.2, -0.15) is 0 Å². The molecule has 19 heavy (non-hydrogen) atoms.